The maximum atomic E-state index is 13.0. The van der Waals surface area contributed by atoms with Crippen molar-refractivity contribution in [1.82, 2.24) is 19.7 Å². The molecule has 0 spiro atoms. The largest absolute Gasteiger partial charge is 0.435 e. The van der Waals surface area contributed by atoms with Crippen LogP contribution in [-0.2, 0) is 22.4 Å². The fraction of sp³-hybridized carbons (Fsp3) is 0.500. The summed E-state index contributed by atoms with van der Waals surface area (Å²) in [6.45, 7) is 9.29. The zero-order chi connectivity index (χ0) is 27.9. The van der Waals surface area contributed by atoms with E-state index >= 15 is 0 Å². The van der Waals surface area contributed by atoms with E-state index in [0.29, 0.717) is 25.2 Å². The van der Waals surface area contributed by atoms with Crippen LogP contribution < -0.4 is 0 Å². The minimum absolute atomic E-state index is 0.0956. The summed E-state index contributed by atoms with van der Waals surface area (Å²) in [6.07, 6.45) is -1.50. The van der Waals surface area contributed by atoms with E-state index in [1.54, 1.807) is 18.3 Å². The molecule has 208 valence electrons. The number of aldehydes is 1. The van der Waals surface area contributed by atoms with Gasteiger partial charge in [-0.2, -0.15) is 18.3 Å². The number of thiazole rings is 1. The quantitative estimate of drug-likeness (QED) is 0.337. The Balaban J connectivity index is 1.19. The smallest absolute Gasteiger partial charge is 0.387 e. The van der Waals surface area contributed by atoms with E-state index in [2.05, 4.69) is 43.2 Å². The van der Waals surface area contributed by atoms with Crippen LogP contribution in [0, 0.1) is 27.7 Å². The summed E-state index contributed by atoms with van der Waals surface area (Å²) in [4.78, 5) is 24.6. The summed E-state index contributed by atoms with van der Waals surface area (Å²) < 4.78 is 40.4. The molecular formula is C28H32F3N5O2S. The number of aromatic nitrogens is 3. The van der Waals surface area contributed by atoms with Crippen LogP contribution in [0.25, 0.3) is 0 Å². The molecule has 1 aromatic carbocycles. The number of carbonyl (C=O) groups excluding carboxylic acids is 1. The third-order valence-corrected chi connectivity index (χ3v) is 8.69. The number of rotatable bonds is 7. The van der Waals surface area contributed by atoms with Crippen molar-refractivity contribution in [2.75, 3.05) is 13.1 Å². The second-order valence-electron chi connectivity index (χ2n) is 10.6. The lowest BCUT2D eigenvalue weighted by Gasteiger charge is -2.34. The number of hydrogen-bond donors (Lipinski definition) is 0. The molecule has 39 heavy (non-hydrogen) atoms. The molecule has 0 amide bonds. The van der Waals surface area contributed by atoms with Gasteiger partial charge in [-0.25, -0.2) is 4.98 Å². The molecule has 2 aliphatic heterocycles. The van der Waals surface area contributed by atoms with Gasteiger partial charge in [0.1, 0.15) is 12.0 Å². The van der Waals surface area contributed by atoms with Crippen molar-refractivity contribution in [1.29, 1.82) is 0 Å². The first-order valence-corrected chi connectivity index (χ1v) is 14.0. The van der Waals surface area contributed by atoms with E-state index in [9.17, 15) is 18.0 Å². The monoisotopic (exact) mass is 559 g/mol. The molecular weight excluding hydrogens is 527 g/mol. The highest BCUT2D eigenvalue weighted by molar-refractivity contribution is 7.10. The van der Waals surface area contributed by atoms with Crippen molar-refractivity contribution in [3.8, 4) is 0 Å². The fourth-order valence-corrected chi connectivity index (χ4v) is 6.72. The van der Waals surface area contributed by atoms with Crippen LogP contribution in [0.15, 0.2) is 28.7 Å². The van der Waals surface area contributed by atoms with Gasteiger partial charge in [0.25, 0.3) is 0 Å². The van der Waals surface area contributed by atoms with Gasteiger partial charge in [-0.1, -0.05) is 22.9 Å². The Bertz CT molecular complexity index is 1360. The molecule has 1 unspecified atom stereocenters. The molecule has 0 bridgehead atoms. The Morgan fingerprint density at radius 1 is 1.13 bits per heavy atom. The number of piperidine rings is 1. The van der Waals surface area contributed by atoms with Gasteiger partial charge < -0.3 is 9.63 Å². The molecule has 0 saturated carbocycles. The number of halogens is 3. The zero-order valence-electron chi connectivity index (χ0n) is 22.5. The van der Waals surface area contributed by atoms with Crippen LogP contribution in [0.3, 0.4) is 0 Å². The first-order valence-electron chi connectivity index (χ1n) is 13.1. The Labute approximate surface area is 229 Å². The summed E-state index contributed by atoms with van der Waals surface area (Å²) in [5.41, 5.74) is 5.98. The lowest BCUT2D eigenvalue weighted by molar-refractivity contribution is -0.141. The van der Waals surface area contributed by atoms with Crippen molar-refractivity contribution in [2.45, 2.75) is 77.7 Å². The van der Waals surface area contributed by atoms with Crippen LogP contribution in [0.1, 0.15) is 75.6 Å². The zero-order valence-corrected chi connectivity index (χ0v) is 23.3. The predicted molar refractivity (Wildman–Crippen MR) is 143 cm³/mol. The average molecular weight is 560 g/mol. The molecule has 0 aliphatic carbocycles. The van der Waals surface area contributed by atoms with Crippen molar-refractivity contribution < 1.29 is 22.8 Å². The third kappa shape index (κ3) is 5.79. The third-order valence-electron chi connectivity index (χ3n) is 7.68. The number of likely N-dealkylation sites (tertiary alicyclic amines) is 1. The molecule has 0 N–H and O–H groups in total. The Kier molecular flexibility index (Phi) is 7.65. The number of oxime groups is 1. The highest BCUT2D eigenvalue weighted by Gasteiger charge is 2.35. The number of alkyl halides is 3. The van der Waals surface area contributed by atoms with Crippen molar-refractivity contribution in [3.63, 3.8) is 0 Å². The summed E-state index contributed by atoms with van der Waals surface area (Å²) in [6, 6.07) is 4.82. The maximum absolute atomic E-state index is 13.0. The molecule has 2 atom stereocenters. The standard InChI is InChI=1S/C28H32F3N5O2S/c1-16-9-17(2)26(18(3)10-16)24-12-22(34-38-24)23-15-39-27(32-23)20-5-7-35(8-6-20)21(14-37)13-36-19(4)11-25(33-36)28(29,30)31/h9-11,14-15,20-21,24H,5-8,12-13H2,1-4H3/t21?,24-/m1/s1. The number of aryl methyl sites for hydroxylation is 4. The summed E-state index contributed by atoms with van der Waals surface area (Å²) in [7, 11) is 0. The van der Waals surface area contributed by atoms with Gasteiger partial charge in [-0.05, 0) is 70.8 Å². The fourth-order valence-electron chi connectivity index (χ4n) is 5.72. The molecule has 0 radical (unpaired) electrons. The molecule has 2 aliphatic rings. The summed E-state index contributed by atoms with van der Waals surface area (Å²) >= 11 is 1.62. The molecule has 1 saturated heterocycles. The van der Waals surface area contributed by atoms with Crippen molar-refractivity contribution in [2.24, 2.45) is 5.16 Å². The lowest BCUT2D eigenvalue weighted by atomic mass is 9.93. The molecule has 4 heterocycles. The Hall–Kier alpha value is -3.05. The van der Waals surface area contributed by atoms with Gasteiger partial charge in [0.15, 0.2) is 11.8 Å². The van der Waals surface area contributed by atoms with Gasteiger partial charge in [0, 0.05) is 29.0 Å². The molecule has 7 nitrogen and oxygen atoms in total. The van der Waals surface area contributed by atoms with Gasteiger partial charge in [-0.15, -0.1) is 11.3 Å². The number of carbonyl (C=O) groups is 1. The Morgan fingerprint density at radius 2 is 1.82 bits per heavy atom. The molecule has 1 fully saturated rings. The minimum Gasteiger partial charge on any atom is -0.387 e. The van der Waals surface area contributed by atoms with Gasteiger partial charge >= 0.3 is 6.18 Å². The van der Waals surface area contributed by atoms with E-state index in [4.69, 9.17) is 9.82 Å². The molecule has 5 rings (SSSR count). The highest BCUT2D eigenvalue weighted by Crippen LogP contribution is 2.36. The minimum atomic E-state index is -4.51. The predicted octanol–water partition coefficient (Wildman–Crippen LogP) is 5.90. The molecule has 3 aromatic rings. The lowest BCUT2D eigenvalue weighted by Crippen LogP contribution is -2.44. The number of hydrogen-bond acceptors (Lipinski definition) is 7. The van der Waals surface area contributed by atoms with Crippen LogP contribution in [0.2, 0.25) is 0 Å². The normalized spacial score (nSPS) is 19.7. The first-order chi connectivity index (χ1) is 18.5. The van der Waals surface area contributed by atoms with E-state index < -0.39 is 17.9 Å². The second kappa shape index (κ2) is 10.8. The Morgan fingerprint density at radius 3 is 2.44 bits per heavy atom. The summed E-state index contributed by atoms with van der Waals surface area (Å²) in [5, 5.41) is 11.1. The molecule has 11 heteroatoms. The highest BCUT2D eigenvalue weighted by atomic mass is 32.1. The van der Waals surface area contributed by atoms with Crippen LogP contribution in [0.5, 0.6) is 0 Å². The molecule has 2 aromatic heterocycles. The SMILES string of the molecule is Cc1cc(C)c([C@H]2CC(c3csc(C4CCN(C(C=O)Cn5nc(C(F)(F)F)cc5C)CC4)n3)=NO2)c(C)c1. The van der Waals surface area contributed by atoms with Crippen molar-refractivity contribution >= 4 is 23.3 Å². The van der Waals surface area contributed by atoms with E-state index in [1.165, 1.54) is 26.9 Å². The van der Waals surface area contributed by atoms with Gasteiger partial charge in [0.2, 0.25) is 0 Å². The van der Waals surface area contributed by atoms with E-state index in [-0.39, 0.29) is 18.6 Å². The van der Waals surface area contributed by atoms with E-state index in [0.717, 1.165) is 41.6 Å². The first kappa shape index (κ1) is 27.5. The van der Waals surface area contributed by atoms with Gasteiger partial charge in [-0.3, -0.25) is 9.58 Å². The van der Waals surface area contributed by atoms with E-state index in [1.807, 2.05) is 10.3 Å². The maximum Gasteiger partial charge on any atom is 0.435 e. The van der Waals surface area contributed by atoms with Crippen LogP contribution in [0.4, 0.5) is 13.2 Å². The summed E-state index contributed by atoms with van der Waals surface area (Å²) in [5.74, 6) is 0.260. The van der Waals surface area contributed by atoms with Crippen molar-refractivity contribution in [3.05, 3.63) is 67.9 Å². The van der Waals surface area contributed by atoms with Crippen LogP contribution in [-0.4, -0.2) is 50.8 Å². The number of benzene rings is 1. The average Bonchev–Trinajstić information content (AvgIpc) is 3.62. The van der Waals surface area contributed by atoms with Crippen LogP contribution >= 0.6 is 11.3 Å². The second-order valence-corrected chi connectivity index (χ2v) is 11.5. The van der Waals surface area contributed by atoms with Gasteiger partial charge in [0.05, 0.1) is 23.3 Å². The topological polar surface area (TPSA) is 72.6 Å². The number of nitrogens with zero attached hydrogens (tertiary/aromatic N) is 5.